The standard InChI is InChI=1S/C17H18N2O4S/c1-10-9-12(7-8-18(22)23)11(2)19(10)16-15(17(20)21)13-5-3-4-6-14(13)24-16/h7-9H,3-6H2,1-2H3,(H,20,21)/b8-7-. The van der Waals surface area contributed by atoms with Crippen LogP contribution < -0.4 is 0 Å². The number of carboxylic acid groups (broad SMARTS) is 1. The maximum atomic E-state index is 11.9. The molecular formula is C17H18N2O4S. The van der Waals surface area contributed by atoms with Crippen molar-refractivity contribution in [1.82, 2.24) is 4.57 Å². The summed E-state index contributed by atoms with van der Waals surface area (Å²) in [6.45, 7) is 3.75. The lowest BCUT2D eigenvalue weighted by Gasteiger charge is -2.11. The number of hydrogen-bond donors (Lipinski definition) is 1. The van der Waals surface area contributed by atoms with E-state index in [9.17, 15) is 20.0 Å². The molecule has 1 aliphatic rings. The fourth-order valence-corrected chi connectivity index (χ4v) is 4.83. The van der Waals surface area contributed by atoms with E-state index >= 15 is 0 Å². The van der Waals surface area contributed by atoms with Crippen molar-refractivity contribution in [2.24, 2.45) is 0 Å². The highest BCUT2D eigenvalue weighted by atomic mass is 32.1. The highest BCUT2D eigenvalue weighted by Crippen LogP contribution is 2.38. The predicted octanol–water partition coefficient (Wildman–Crippen LogP) is 3.98. The van der Waals surface area contributed by atoms with E-state index in [-0.39, 0.29) is 0 Å². The van der Waals surface area contributed by atoms with Crippen LogP contribution in [0, 0.1) is 24.0 Å². The Morgan fingerprint density at radius 3 is 2.75 bits per heavy atom. The van der Waals surface area contributed by atoms with Crippen LogP contribution in [0.2, 0.25) is 0 Å². The van der Waals surface area contributed by atoms with Crippen LogP contribution in [-0.4, -0.2) is 20.6 Å². The van der Waals surface area contributed by atoms with Crippen LogP contribution in [0.4, 0.5) is 0 Å². The van der Waals surface area contributed by atoms with Crippen LogP contribution in [0.5, 0.6) is 0 Å². The molecule has 0 saturated heterocycles. The zero-order valence-electron chi connectivity index (χ0n) is 13.5. The van der Waals surface area contributed by atoms with E-state index in [0.29, 0.717) is 10.6 Å². The summed E-state index contributed by atoms with van der Waals surface area (Å²) in [6.07, 6.45) is 6.20. The van der Waals surface area contributed by atoms with Crippen molar-refractivity contribution in [3.63, 3.8) is 0 Å². The number of nitro groups is 1. The Bertz CT molecular complexity index is 861. The van der Waals surface area contributed by atoms with Gasteiger partial charge in [-0.2, -0.15) is 0 Å². The minimum absolute atomic E-state index is 0.390. The quantitative estimate of drug-likeness (QED) is 0.670. The first-order chi connectivity index (χ1) is 11.4. The Labute approximate surface area is 143 Å². The van der Waals surface area contributed by atoms with E-state index in [2.05, 4.69) is 0 Å². The summed E-state index contributed by atoms with van der Waals surface area (Å²) in [6, 6.07) is 1.85. The molecule has 24 heavy (non-hydrogen) atoms. The topological polar surface area (TPSA) is 85.4 Å². The van der Waals surface area contributed by atoms with E-state index in [4.69, 9.17) is 0 Å². The van der Waals surface area contributed by atoms with Crippen LogP contribution in [-0.2, 0) is 12.8 Å². The maximum absolute atomic E-state index is 11.9. The lowest BCUT2D eigenvalue weighted by atomic mass is 9.95. The monoisotopic (exact) mass is 346 g/mol. The van der Waals surface area contributed by atoms with Gasteiger partial charge in [0.05, 0.1) is 10.5 Å². The maximum Gasteiger partial charge on any atom is 0.339 e. The van der Waals surface area contributed by atoms with Gasteiger partial charge in [-0.25, -0.2) is 4.79 Å². The zero-order chi connectivity index (χ0) is 17.4. The fraction of sp³-hybridized carbons (Fsp3) is 0.353. The van der Waals surface area contributed by atoms with Crippen molar-refractivity contribution in [3.8, 4) is 5.00 Å². The minimum atomic E-state index is -0.903. The number of aryl methyl sites for hydroxylation is 2. The van der Waals surface area contributed by atoms with Gasteiger partial charge in [0.1, 0.15) is 5.00 Å². The number of hydrogen-bond acceptors (Lipinski definition) is 4. The molecule has 0 aliphatic heterocycles. The highest BCUT2D eigenvalue weighted by Gasteiger charge is 2.27. The van der Waals surface area contributed by atoms with Gasteiger partial charge in [0.15, 0.2) is 0 Å². The Balaban J connectivity index is 2.18. The van der Waals surface area contributed by atoms with Crippen molar-refractivity contribution in [3.05, 3.63) is 55.3 Å². The molecule has 2 aromatic rings. The van der Waals surface area contributed by atoms with E-state index in [1.807, 2.05) is 24.5 Å². The number of rotatable bonds is 4. The van der Waals surface area contributed by atoms with Gasteiger partial charge in [0.2, 0.25) is 6.20 Å². The van der Waals surface area contributed by atoms with Crippen LogP contribution in [0.25, 0.3) is 11.1 Å². The van der Waals surface area contributed by atoms with Gasteiger partial charge in [0.25, 0.3) is 0 Å². The van der Waals surface area contributed by atoms with Gasteiger partial charge < -0.3 is 9.67 Å². The van der Waals surface area contributed by atoms with Gasteiger partial charge in [-0.3, -0.25) is 10.1 Å². The van der Waals surface area contributed by atoms with Crippen molar-refractivity contribution < 1.29 is 14.8 Å². The van der Waals surface area contributed by atoms with Crippen LogP contribution in [0.15, 0.2) is 12.3 Å². The van der Waals surface area contributed by atoms with Crippen molar-refractivity contribution in [2.75, 3.05) is 0 Å². The van der Waals surface area contributed by atoms with E-state index in [0.717, 1.165) is 59.3 Å². The Morgan fingerprint density at radius 2 is 2.08 bits per heavy atom. The molecule has 0 spiro atoms. The second-order valence-corrected chi connectivity index (χ2v) is 7.04. The van der Waals surface area contributed by atoms with Crippen molar-refractivity contribution in [1.29, 1.82) is 0 Å². The number of nitrogens with zero attached hydrogens (tertiary/aromatic N) is 2. The first kappa shape index (κ1) is 16.4. The Kier molecular flexibility index (Phi) is 4.28. The lowest BCUT2D eigenvalue weighted by Crippen LogP contribution is -2.09. The molecule has 0 unspecified atom stereocenters. The van der Waals surface area contributed by atoms with E-state index < -0.39 is 10.9 Å². The first-order valence-corrected chi connectivity index (χ1v) is 8.60. The summed E-state index contributed by atoms with van der Waals surface area (Å²) < 4.78 is 1.91. The number of fused-ring (bicyclic) bond motifs is 1. The second-order valence-electron chi connectivity index (χ2n) is 5.96. The smallest absolute Gasteiger partial charge is 0.339 e. The molecular weight excluding hydrogens is 328 g/mol. The molecule has 0 radical (unpaired) electrons. The first-order valence-electron chi connectivity index (χ1n) is 7.79. The predicted molar refractivity (Wildman–Crippen MR) is 92.7 cm³/mol. The van der Waals surface area contributed by atoms with E-state index in [1.165, 1.54) is 17.4 Å². The van der Waals surface area contributed by atoms with Gasteiger partial charge in [-0.05, 0) is 51.2 Å². The third-order valence-corrected chi connectivity index (χ3v) is 5.69. The fourth-order valence-electron chi connectivity index (χ4n) is 3.34. The Hall–Kier alpha value is -2.41. The molecule has 6 nitrogen and oxygen atoms in total. The average molecular weight is 346 g/mol. The third kappa shape index (κ3) is 2.75. The second kappa shape index (κ2) is 6.24. The molecule has 2 aromatic heterocycles. The van der Waals surface area contributed by atoms with Gasteiger partial charge >= 0.3 is 5.97 Å². The SMILES string of the molecule is Cc1cc(/C=C\[N+](=O)[O-])c(C)n1-c1sc2c(c1C(=O)O)CCCC2. The number of carboxylic acids is 1. The molecule has 3 rings (SSSR count). The van der Waals surface area contributed by atoms with E-state index in [1.54, 1.807) is 0 Å². The third-order valence-electron chi connectivity index (χ3n) is 4.42. The lowest BCUT2D eigenvalue weighted by molar-refractivity contribution is -0.400. The molecule has 0 bridgehead atoms. The minimum Gasteiger partial charge on any atom is -0.478 e. The molecule has 2 heterocycles. The van der Waals surface area contributed by atoms with Gasteiger partial charge in [0, 0.05) is 27.9 Å². The van der Waals surface area contributed by atoms with Gasteiger partial charge in [-0.15, -0.1) is 11.3 Å². The molecule has 0 aromatic carbocycles. The van der Waals surface area contributed by atoms with Crippen LogP contribution in [0.3, 0.4) is 0 Å². The average Bonchev–Trinajstić information content (AvgIpc) is 3.02. The van der Waals surface area contributed by atoms with Gasteiger partial charge in [-0.1, -0.05) is 0 Å². The van der Waals surface area contributed by atoms with Crippen molar-refractivity contribution in [2.45, 2.75) is 39.5 Å². The number of aromatic carboxylic acids is 1. The van der Waals surface area contributed by atoms with Crippen molar-refractivity contribution >= 4 is 23.4 Å². The molecule has 0 saturated carbocycles. The molecule has 7 heteroatoms. The summed E-state index contributed by atoms with van der Waals surface area (Å²) in [7, 11) is 0. The number of carbonyl (C=O) groups is 1. The highest BCUT2D eigenvalue weighted by molar-refractivity contribution is 7.15. The molecule has 0 amide bonds. The summed E-state index contributed by atoms with van der Waals surface area (Å²) >= 11 is 1.53. The van der Waals surface area contributed by atoms with Crippen LogP contribution >= 0.6 is 11.3 Å². The Morgan fingerprint density at radius 1 is 1.38 bits per heavy atom. The number of thiophene rings is 1. The summed E-state index contributed by atoms with van der Waals surface area (Å²) in [5.41, 5.74) is 3.76. The zero-order valence-corrected chi connectivity index (χ0v) is 14.4. The largest absolute Gasteiger partial charge is 0.478 e. The molecule has 0 fully saturated rings. The molecule has 1 N–H and O–H groups in total. The molecule has 0 atom stereocenters. The summed E-state index contributed by atoms with van der Waals surface area (Å²) in [5.74, 6) is -0.903. The number of aromatic nitrogens is 1. The molecule has 1 aliphatic carbocycles. The normalized spacial score (nSPS) is 14.1. The summed E-state index contributed by atoms with van der Waals surface area (Å²) in [4.78, 5) is 23.1. The summed E-state index contributed by atoms with van der Waals surface area (Å²) in [5, 5.41) is 21.0. The molecule has 126 valence electrons. The van der Waals surface area contributed by atoms with Crippen LogP contribution in [0.1, 0.15) is 50.6 Å².